The molecular formula is C26H28N4O5. The zero-order valence-electron chi connectivity index (χ0n) is 19.8. The maximum Gasteiger partial charge on any atom is 0.269 e. The average Bonchev–Trinajstić information content (AvgIpc) is 3.29. The monoisotopic (exact) mass is 476 g/mol. The largest absolute Gasteiger partial charge is 0.497 e. The van der Waals surface area contributed by atoms with E-state index in [4.69, 9.17) is 14.2 Å². The van der Waals surface area contributed by atoms with E-state index in [1.54, 1.807) is 32.6 Å². The Balaban J connectivity index is 1.60. The van der Waals surface area contributed by atoms with Crippen molar-refractivity contribution in [1.29, 1.82) is 0 Å². The number of morpholine rings is 1. The Morgan fingerprint density at radius 2 is 1.74 bits per heavy atom. The highest BCUT2D eigenvalue weighted by Gasteiger charge is 2.25. The third-order valence-electron chi connectivity index (χ3n) is 5.96. The minimum absolute atomic E-state index is 0.0841. The summed E-state index contributed by atoms with van der Waals surface area (Å²) >= 11 is 0. The number of non-ortho nitro benzene ring substituents is 1. The quantitative estimate of drug-likeness (QED) is 0.316. The summed E-state index contributed by atoms with van der Waals surface area (Å²) in [5.74, 6) is 1.40. The first-order valence-corrected chi connectivity index (χ1v) is 11.4. The van der Waals surface area contributed by atoms with Crippen LogP contribution in [-0.4, -0.2) is 62.8 Å². The van der Waals surface area contributed by atoms with Gasteiger partial charge in [-0.3, -0.25) is 10.1 Å². The molecule has 1 aliphatic heterocycles. The van der Waals surface area contributed by atoms with Crippen LogP contribution in [0.2, 0.25) is 0 Å². The van der Waals surface area contributed by atoms with Gasteiger partial charge in [-0.25, -0.2) is 0 Å². The molecule has 0 aromatic heterocycles. The molecule has 0 unspecified atom stereocenters. The van der Waals surface area contributed by atoms with Crippen molar-refractivity contribution in [2.45, 2.75) is 12.8 Å². The van der Waals surface area contributed by atoms with Crippen molar-refractivity contribution in [3.63, 3.8) is 0 Å². The van der Waals surface area contributed by atoms with Gasteiger partial charge in [0, 0.05) is 36.5 Å². The molecule has 2 aromatic rings. The van der Waals surface area contributed by atoms with E-state index in [9.17, 15) is 10.1 Å². The summed E-state index contributed by atoms with van der Waals surface area (Å²) < 4.78 is 16.2. The molecule has 2 aromatic carbocycles. The summed E-state index contributed by atoms with van der Waals surface area (Å²) in [5, 5.41) is 19.5. The Kier molecular flexibility index (Phi) is 7.89. The van der Waals surface area contributed by atoms with Crippen molar-refractivity contribution in [2.75, 3.05) is 40.5 Å². The van der Waals surface area contributed by atoms with Crippen molar-refractivity contribution in [3.05, 3.63) is 80.5 Å². The molecule has 1 fully saturated rings. The molecule has 9 heteroatoms. The minimum Gasteiger partial charge on any atom is -0.497 e. The molecule has 0 spiro atoms. The summed E-state index contributed by atoms with van der Waals surface area (Å²) in [5.41, 5.74) is 5.22. The maximum atomic E-state index is 11.0. The second-order valence-corrected chi connectivity index (χ2v) is 8.09. The van der Waals surface area contributed by atoms with Crippen molar-refractivity contribution < 1.29 is 19.1 Å². The molecule has 0 bridgehead atoms. The predicted molar refractivity (Wildman–Crippen MR) is 135 cm³/mol. The number of allylic oxidation sites excluding steroid dienone is 2. The second-order valence-electron chi connectivity index (χ2n) is 8.09. The SMILES string of the molecule is COc1ccc(OC)c(/C=N/N=C/C2=C(N3CCOCC3)C(=C/c3ccc([N+](=O)[O-])cc3)/CC2)c1. The molecule has 9 nitrogen and oxygen atoms in total. The van der Waals surface area contributed by atoms with Gasteiger partial charge in [-0.2, -0.15) is 10.2 Å². The van der Waals surface area contributed by atoms with Crippen LogP contribution in [0.3, 0.4) is 0 Å². The Bertz CT molecular complexity index is 1180. The van der Waals surface area contributed by atoms with Gasteiger partial charge in [0.2, 0.25) is 0 Å². The van der Waals surface area contributed by atoms with Crippen LogP contribution in [0, 0.1) is 10.1 Å². The second kappa shape index (κ2) is 11.4. The highest BCUT2D eigenvalue weighted by molar-refractivity contribution is 5.87. The van der Waals surface area contributed by atoms with E-state index < -0.39 is 0 Å². The van der Waals surface area contributed by atoms with E-state index in [0.29, 0.717) is 24.7 Å². The molecule has 0 radical (unpaired) electrons. The van der Waals surface area contributed by atoms with E-state index >= 15 is 0 Å². The Hall–Kier alpha value is -3.98. The van der Waals surface area contributed by atoms with Gasteiger partial charge >= 0.3 is 0 Å². The topological polar surface area (TPSA) is 98.8 Å². The van der Waals surface area contributed by atoms with Crippen molar-refractivity contribution in [1.82, 2.24) is 4.90 Å². The van der Waals surface area contributed by atoms with Gasteiger partial charge in [0.15, 0.2) is 0 Å². The van der Waals surface area contributed by atoms with Crippen molar-refractivity contribution in [3.8, 4) is 11.5 Å². The molecule has 182 valence electrons. The number of hydrogen-bond donors (Lipinski definition) is 0. The first-order chi connectivity index (χ1) is 17.1. The van der Waals surface area contributed by atoms with E-state index in [-0.39, 0.29) is 10.6 Å². The average molecular weight is 477 g/mol. The number of nitrogens with zero attached hydrogens (tertiary/aromatic N) is 4. The number of nitro groups is 1. The Morgan fingerprint density at radius 1 is 1.00 bits per heavy atom. The number of hydrogen-bond acceptors (Lipinski definition) is 8. The fraction of sp³-hybridized carbons (Fsp3) is 0.308. The molecule has 1 aliphatic carbocycles. The van der Waals surface area contributed by atoms with E-state index in [1.807, 2.05) is 24.4 Å². The van der Waals surface area contributed by atoms with Gasteiger partial charge in [-0.1, -0.05) is 0 Å². The molecule has 1 heterocycles. The van der Waals surface area contributed by atoms with Gasteiger partial charge in [-0.15, -0.1) is 0 Å². The predicted octanol–water partition coefficient (Wildman–Crippen LogP) is 4.48. The summed E-state index contributed by atoms with van der Waals surface area (Å²) in [4.78, 5) is 12.9. The lowest BCUT2D eigenvalue weighted by Crippen LogP contribution is -2.36. The highest BCUT2D eigenvalue weighted by Crippen LogP contribution is 2.35. The molecule has 4 rings (SSSR count). The van der Waals surface area contributed by atoms with E-state index in [1.165, 1.54) is 17.7 Å². The van der Waals surface area contributed by atoms with Crippen LogP contribution in [0.1, 0.15) is 24.0 Å². The summed E-state index contributed by atoms with van der Waals surface area (Å²) in [6.45, 7) is 2.95. The van der Waals surface area contributed by atoms with Crippen LogP contribution >= 0.6 is 0 Å². The standard InChI is InChI=1S/C26H28N4O5/c1-33-24-9-10-25(34-2)22(16-24)18-28-27-17-21-6-5-20(26(21)29-11-13-35-14-12-29)15-19-3-7-23(8-4-19)30(31)32/h3-4,7-10,15-18H,5-6,11-14H2,1-2H3/b20-15+,27-17+,28-18+. The third kappa shape index (κ3) is 5.93. The number of methoxy groups -OCH3 is 2. The first-order valence-electron chi connectivity index (χ1n) is 11.4. The number of rotatable bonds is 8. The molecule has 0 N–H and O–H groups in total. The Labute approximate surface area is 204 Å². The molecule has 35 heavy (non-hydrogen) atoms. The fourth-order valence-corrected chi connectivity index (χ4v) is 4.20. The van der Waals surface area contributed by atoms with Gasteiger partial charge in [0.1, 0.15) is 11.5 Å². The first kappa shape index (κ1) is 24.2. The molecule has 0 atom stereocenters. The van der Waals surface area contributed by atoms with Crippen molar-refractivity contribution in [2.24, 2.45) is 10.2 Å². The van der Waals surface area contributed by atoms with Crippen LogP contribution in [0.5, 0.6) is 11.5 Å². The molecular weight excluding hydrogens is 448 g/mol. The lowest BCUT2D eigenvalue weighted by Gasteiger charge is -2.31. The van der Waals surface area contributed by atoms with Crippen LogP contribution in [0.15, 0.2) is 69.5 Å². The molecule has 0 saturated carbocycles. The van der Waals surface area contributed by atoms with Crippen molar-refractivity contribution >= 4 is 24.2 Å². The molecule has 2 aliphatic rings. The van der Waals surface area contributed by atoms with E-state index in [0.717, 1.165) is 48.3 Å². The van der Waals surface area contributed by atoms with Crippen LogP contribution in [0.4, 0.5) is 5.69 Å². The Morgan fingerprint density at radius 3 is 2.43 bits per heavy atom. The van der Waals surface area contributed by atoms with Gasteiger partial charge in [0.25, 0.3) is 5.69 Å². The fourth-order valence-electron chi connectivity index (χ4n) is 4.20. The summed E-state index contributed by atoms with van der Waals surface area (Å²) in [7, 11) is 3.22. The number of benzene rings is 2. The van der Waals surface area contributed by atoms with E-state index in [2.05, 4.69) is 21.2 Å². The lowest BCUT2D eigenvalue weighted by atomic mass is 10.1. The molecule has 0 amide bonds. The smallest absolute Gasteiger partial charge is 0.269 e. The zero-order chi connectivity index (χ0) is 24.6. The normalized spacial score (nSPS) is 17.7. The summed E-state index contributed by atoms with van der Waals surface area (Å²) in [6, 6.07) is 12.1. The maximum absolute atomic E-state index is 11.0. The van der Waals surface area contributed by atoms with Crippen LogP contribution < -0.4 is 9.47 Å². The van der Waals surface area contributed by atoms with Gasteiger partial charge < -0.3 is 19.1 Å². The lowest BCUT2D eigenvalue weighted by molar-refractivity contribution is -0.384. The van der Waals surface area contributed by atoms with Crippen LogP contribution in [0.25, 0.3) is 6.08 Å². The summed E-state index contributed by atoms with van der Waals surface area (Å²) in [6.07, 6.45) is 7.26. The van der Waals surface area contributed by atoms with Gasteiger partial charge in [0.05, 0.1) is 44.8 Å². The van der Waals surface area contributed by atoms with Crippen LogP contribution in [-0.2, 0) is 4.74 Å². The third-order valence-corrected chi connectivity index (χ3v) is 5.96. The molecule has 1 saturated heterocycles. The van der Waals surface area contributed by atoms with Gasteiger partial charge in [-0.05, 0) is 66.0 Å². The number of nitro benzene ring substituents is 1. The zero-order valence-corrected chi connectivity index (χ0v) is 19.8. The number of ether oxygens (including phenoxy) is 3. The minimum atomic E-state index is -0.387. The highest BCUT2D eigenvalue weighted by atomic mass is 16.6.